The Hall–Kier alpha value is -0.120. The number of nitrogens with zero attached hydrogens (tertiary/aromatic N) is 1. The Balaban J connectivity index is 2.04. The van der Waals surface area contributed by atoms with E-state index in [9.17, 15) is 5.11 Å². The molecule has 2 bridgehead atoms. The predicted octanol–water partition coefficient (Wildman–Crippen LogP) is -0.424. The third-order valence-corrected chi connectivity index (χ3v) is 3.22. The van der Waals surface area contributed by atoms with Crippen molar-refractivity contribution in [3.63, 3.8) is 0 Å². The molecule has 64 valence electrons. The first-order chi connectivity index (χ1) is 5.14. The van der Waals surface area contributed by atoms with Crippen LogP contribution in [0.2, 0.25) is 0 Å². The van der Waals surface area contributed by atoms with Gasteiger partial charge < -0.3 is 15.1 Å². The summed E-state index contributed by atoms with van der Waals surface area (Å²) in [7, 11) is 2.09. The smallest absolute Gasteiger partial charge is 0.0907 e. The van der Waals surface area contributed by atoms with Crippen LogP contribution in [0.5, 0.6) is 0 Å². The lowest BCUT2D eigenvalue weighted by Gasteiger charge is -2.56. The van der Waals surface area contributed by atoms with Crippen molar-refractivity contribution in [1.82, 2.24) is 4.90 Å². The number of rotatable bonds is 1. The van der Waals surface area contributed by atoms with Crippen LogP contribution in [-0.4, -0.2) is 46.5 Å². The zero-order chi connectivity index (χ0) is 8.06. The predicted molar refractivity (Wildman–Crippen MR) is 41.2 cm³/mol. The fourth-order valence-corrected chi connectivity index (χ4v) is 2.35. The first kappa shape index (κ1) is 7.53. The first-order valence-electron chi connectivity index (χ1n) is 4.20. The zero-order valence-electron chi connectivity index (χ0n) is 6.82. The van der Waals surface area contributed by atoms with Crippen molar-refractivity contribution < 1.29 is 10.2 Å². The Morgan fingerprint density at radius 3 is 2.36 bits per heavy atom. The Morgan fingerprint density at radius 2 is 2.00 bits per heavy atom. The molecule has 0 radical (unpaired) electrons. The Labute approximate surface area is 66.6 Å². The van der Waals surface area contributed by atoms with E-state index in [0.29, 0.717) is 12.1 Å². The van der Waals surface area contributed by atoms with Gasteiger partial charge in [0.2, 0.25) is 0 Å². The minimum Gasteiger partial charge on any atom is -0.393 e. The van der Waals surface area contributed by atoms with Crippen LogP contribution in [-0.2, 0) is 0 Å². The van der Waals surface area contributed by atoms with E-state index in [0.717, 1.165) is 12.8 Å². The molecule has 0 spiro atoms. The number of hydrogen-bond donors (Lipinski definition) is 2. The third kappa shape index (κ3) is 0.991. The van der Waals surface area contributed by atoms with Gasteiger partial charge in [0.25, 0.3) is 0 Å². The van der Waals surface area contributed by atoms with Gasteiger partial charge in [-0.3, -0.25) is 0 Å². The van der Waals surface area contributed by atoms with Gasteiger partial charge in [0, 0.05) is 12.1 Å². The monoisotopic (exact) mass is 157 g/mol. The van der Waals surface area contributed by atoms with Gasteiger partial charge in [0.1, 0.15) is 0 Å². The molecular formula is C8H15NO2. The van der Waals surface area contributed by atoms with Gasteiger partial charge in [-0.1, -0.05) is 0 Å². The molecule has 11 heavy (non-hydrogen) atoms. The maximum Gasteiger partial charge on any atom is 0.0907 e. The molecule has 2 atom stereocenters. The average molecular weight is 157 g/mol. The highest BCUT2D eigenvalue weighted by molar-refractivity contribution is 5.04. The fourth-order valence-electron chi connectivity index (χ4n) is 2.35. The van der Waals surface area contributed by atoms with E-state index in [1.165, 1.54) is 6.42 Å². The highest BCUT2D eigenvalue weighted by Crippen LogP contribution is 2.41. The van der Waals surface area contributed by atoms with Gasteiger partial charge in [-0.05, 0) is 26.3 Å². The first-order valence-corrected chi connectivity index (χ1v) is 4.20. The topological polar surface area (TPSA) is 43.7 Å². The van der Waals surface area contributed by atoms with Gasteiger partial charge in [0.05, 0.1) is 12.2 Å². The molecule has 2 saturated heterocycles. The van der Waals surface area contributed by atoms with Crippen LogP contribution < -0.4 is 0 Å². The van der Waals surface area contributed by atoms with Crippen molar-refractivity contribution in [2.24, 2.45) is 0 Å². The molecule has 2 aliphatic heterocycles. The van der Waals surface area contributed by atoms with E-state index in [2.05, 4.69) is 11.9 Å². The van der Waals surface area contributed by atoms with Crippen molar-refractivity contribution >= 4 is 0 Å². The number of piperidine rings is 1. The molecule has 0 aromatic rings. The quantitative estimate of drug-likeness (QED) is 0.543. The summed E-state index contributed by atoms with van der Waals surface area (Å²) in [6.07, 6.45) is 2.70. The Kier molecular flexibility index (Phi) is 1.50. The second kappa shape index (κ2) is 2.19. The lowest BCUT2D eigenvalue weighted by molar-refractivity contribution is -0.142. The summed E-state index contributed by atoms with van der Waals surface area (Å²) in [4.78, 5) is 2.30. The van der Waals surface area contributed by atoms with Gasteiger partial charge in [-0.25, -0.2) is 0 Å². The summed E-state index contributed by atoms with van der Waals surface area (Å²) in [6, 6.07) is 1.04. The molecule has 3 heteroatoms. The highest BCUT2D eigenvalue weighted by atomic mass is 16.3. The van der Waals surface area contributed by atoms with Gasteiger partial charge >= 0.3 is 0 Å². The molecule has 3 fully saturated rings. The number of aliphatic hydroxyl groups excluding tert-OH is 1. The van der Waals surface area contributed by atoms with Crippen molar-refractivity contribution in [2.75, 3.05) is 13.7 Å². The van der Waals surface area contributed by atoms with E-state index < -0.39 is 5.60 Å². The molecule has 3 aliphatic rings. The largest absolute Gasteiger partial charge is 0.393 e. The van der Waals surface area contributed by atoms with Gasteiger partial charge in [-0.15, -0.1) is 0 Å². The molecule has 3 rings (SSSR count). The van der Waals surface area contributed by atoms with Crippen LogP contribution in [0.25, 0.3) is 0 Å². The van der Waals surface area contributed by atoms with Crippen LogP contribution in [0.1, 0.15) is 19.3 Å². The van der Waals surface area contributed by atoms with Gasteiger partial charge in [-0.2, -0.15) is 0 Å². The highest BCUT2D eigenvalue weighted by Gasteiger charge is 2.49. The van der Waals surface area contributed by atoms with Crippen LogP contribution in [0, 0.1) is 0 Å². The molecule has 0 amide bonds. The molecular weight excluding hydrogens is 142 g/mol. The van der Waals surface area contributed by atoms with Gasteiger partial charge in [0.15, 0.2) is 0 Å². The van der Waals surface area contributed by atoms with Crippen LogP contribution in [0.15, 0.2) is 0 Å². The number of fused-ring (bicyclic) bond motifs is 2. The third-order valence-electron chi connectivity index (χ3n) is 3.22. The molecule has 0 aromatic carbocycles. The normalized spacial score (nSPS) is 50.5. The summed E-state index contributed by atoms with van der Waals surface area (Å²) in [5.74, 6) is 0. The number of aliphatic hydroxyl groups is 2. The van der Waals surface area contributed by atoms with E-state index in [-0.39, 0.29) is 6.61 Å². The van der Waals surface area contributed by atoms with E-state index in [4.69, 9.17) is 5.11 Å². The summed E-state index contributed by atoms with van der Waals surface area (Å²) in [6.45, 7) is -0.0756. The van der Waals surface area contributed by atoms with Crippen LogP contribution >= 0.6 is 0 Å². The SMILES string of the molecule is CN1C2CC1CC(O)(CO)C2. The average Bonchev–Trinajstić information content (AvgIpc) is 2.04. The molecule has 0 aromatic heterocycles. The summed E-state index contributed by atoms with van der Waals surface area (Å²) in [5.41, 5.74) is -0.764. The molecule has 2 heterocycles. The van der Waals surface area contributed by atoms with E-state index >= 15 is 0 Å². The molecule has 3 nitrogen and oxygen atoms in total. The van der Waals surface area contributed by atoms with Crippen molar-refractivity contribution in [1.29, 1.82) is 0 Å². The van der Waals surface area contributed by atoms with Crippen LogP contribution in [0.3, 0.4) is 0 Å². The molecule has 1 aliphatic carbocycles. The second-order valence-corrected chi connectivity index (χ2v) is 4.00. The van der Waals surface area contributed by atoms with Crippen molar-refractivity contribution in [2.45, 2.75) is 36.9 Å². The molecule has 2 N–H and O–H groups in total. The lowest BCUT2D eigenvalue weighted by Crippen LogP contribution is -2.64. The zero-order valence-corrected chi connectivity index (χ0v) is 6.82. The van der Waals surface area contributed by atoms with Crippen molar-refractivity contribution in [3.8, 4) is 0 Å². The standard InChI is InChI=1S/C8H15NO2/c1-9-6-2-7(9)4-8(11,3-6)5-10/h6-7,10-11H,2-5H2,1H3. The maximum absolute atomic E-state index is 9.72. The summed E-state index contributed by atoms with van der Waals surface area (Å²) < 4.78 is 0. The van der Waals surface area contributed by atoms with E-state index in [1.54, 1.807) is 0 Å². The minimum atomic E-state index is -0.764. The maximum atomic E-state index is 9.72. The minimum absolute atomic E-state index is 0.0756. The molecule has 1 saturated carbocycles. The van der Waals surface area contributed by atoms with Crippen molar-refractivity contribution in [3.05, 3.63) is 0 Å². The fraction of sp³-hybridized carbons (Fsp3) is 1.00. The lowest BCUT2D eigenvalue weighted by atomic mass is 9.71. The number of hydrogen-bond acceptors (Lipinski definition) is 3. The van der Waals surface area contributed by atoms with E-state index in [1.807, 2.05) is 0 Å². The molecule has 2 unspecified atom stereocenters. The Bertz CT molecular complexity index is 159. The summed E-state index contributed by atoms with van der Waals surface area (Å²) in [5, 5.41) is 18.6. The Morgan fingerprint density at radius 1 is 1.45 bits per heavy atom. The van der Waals surface area contributed by atoms with Crippen LogP contribution in [0.4, 0.5) is 0 Å². The second-order valence-electron chi connectivity index (χ2n) is 4.00. The summed E-state index contributed by atoms with van der Waals surface area (Å²) >= 11 is 0.